The predicted octanol–water partition coefficient (Wildman–Crippen LogP) is 1.59. The molecule has 8 N–H and O–H groups in total. The van der Waals surface area contributed by atoms with Gasteiger partial charge >= 0.3 is 5.97 Å². The Morgan fingerprint density at radius 2 is 1.57 bits per heavy atom. The minimum atomic E-state index is -1.25. The third-order valence-electron chi connectivity index (χ3n) is 6.99. The van der Waals surface area contributed by atoms with Gasteiger partial charge in [0.15, 0.2) is 0 Å². The van der Waals surface area contributed by atoms with Gasteiger partial charge in [0.1, 0.15) is 23.9 Å². The molecule has 11 heteroatoms. The monoisotopic (exact) mass is 551 g/mol. The Morgan fingerprint density at radius 3 is 2.23 bits per heavy atom. The van der Waals surface area contributed by atoms with Gasteiger partial charge in [-0.15, -0.1) is 0 Å². The van der Waals surface area contributed by atoms with Gasteiger partial charge in [-0.1, -0.05) is 50.6 Å². The molecule has 1 aromatic heterocycles. The molecule has 0 bridgehead atoms. The van der Waals surface area contributed by atoms with Crippen molar-refractivity contribution < 1.29 is 29.4 Å². The van der Waals surface area contributed by atoms with Crippen molar-refractivity contribution in [2.45, 2.75) is 64.2 Å². The molecule has 0 aliphatic carbocycles. The maximum absolute atomic E-state index is 13.2. The van der Waals surface area contributed by atoms with Crippen LogP contribution in [0.1, 0.15) is 38.3 Å². The molecule has 3 aromatic rings. The summed E-state index contributed by atoms with van der Waals surface area (Å²) in [5.41, 5.74) is 8.62. The first kappa shape index (κ1) is 30.2. The first-order valence-corrected chi connectivity index (χ1v) is 13.2. The predicted molar refractivity (Wildman–Crippen MR) is 150 cm³/mol. The highest BCUT2D eigenvalue weighted by Gasteiger charge is 2.31. The van der Waals surface area contributed by atoms with Crippen molar-refractivity contribution in [1.29, 1.82) is 0 Å². The summed E-state index contributed by atoms with van der Waals surface area (Å²) in [4.78, 5) is 53.8. The maximum atomic E-state index is 13.2. The van der Waals surface area contributed by atoms with E-state index in [-0.39, 0.29) is 24.5 Å². The molecule has 40 heavy (non-hydrogen) atoms. The number of carboxylic acids is 1. The lowest BCUT2D eigenvalue weighted by Gasteiger charge is -2.27. The van der Waals surface area contributed by atoms with Crippen LogP contribution in [0.4, 0.5) is 0 Å². The maximum Gasteiger partial charge on any atom is 0.326 e. The Kier molecular flexibility index (Phi) is 10.3. The molecular formula is C29H37N5O6. The van der Waals surface area contributed by atoms with E-state index < -0.39 is 47.9 Å². The van der Waals surface area contributed by atoms with Crippen molar-refractivity contribution in [2.75, 3.05) is 0 Å². The van der Waals surface area contributed by atoms with Crippen LogP contribution in [0.5, 0.6) is 5.75 Å². The smallest absolute Gasteiger partial charge is 0.326 e. The van der Waals surface area contributed by atoms with E-state index in [4.69, 9.17) is 5.73 Å². The number of phenolic OH excluding ortho intramolecular Hbond substituents is 1. The second-order valence-electron chi connectivity index (χ2n) is 10.0. The van der Waals surface area contributed by atoms with Crippen LogP contribution < -0.4 is 21.7 Å². The number of aromatic hydroxyl groups is 1. The molecule has 5 atom stereocenters. The van der Waals surface area contributed by atoms with Crippen LogP contribution in [0, 0.1) is 5.92 Å². The number of benzene rings is 2. The number of hydrogen-bond donors (Lipinski definition) is 7. The van der Waals surface area contributed by atoms with Crippen molar-refractivity contribution in [1.82, 2.24) is 20.9 Å². The molecule has 1 heterocycles. The average Bonchev–Trinajstić information content (AvgIpc) is 3.34. The fourth-order valence-electron chi connectivity index (χ4n) is 4.33. The van der Waals surface area contributed by atoms with Crippen LogP contribution in [0.3, 0.4) is 0 Å². The molecule has 3 amide bonds. The van der Waals surface area contributed by atoms with E-state index in [2.05, 4.69) is 20.9 Å². The summed E-state index contributed by atoms with van der Waals surface area (Å²) in [6.07, 6.45) is 2.64. The number of para-hydroxylation sites is 1. The number of fused-ring (bicyclic) bond motifs is 1. The third-order valence-corrected chi connectivity index (χ3v) is 6.99. The molecule has 0 radical (unpaired) electrons. The molecule has 0 aliphatic rings. The van der Waals surface area contributed by atoms with E-state index in [0.29, 0.717) is 12.0 Å². The standard InChI is InChI=1S/C29H37N5O6/c1-4-16(2)25(34-27(37)22(30)14-19-15-31-23-8-6-5-7-21(19)23)28(38)32-17(3)26(36)33-24(29(39)40)13-18-9-11-20(35)12-10-18/h5-12,15-17,22,24-25,31,35H,4,13-14,30H2,1-3H3,(H,32,38)(H,33,36)(H,34,37)(H,39,40). The molecule has 0 aliphatic heterocycles. The molecular weight excluding hydrogens is 514 g/mol. The second-order valence-corrected chi connectivity index (χ2v) is 10.0. The van der Waals surface area contributed by atoms with Crippen molar-refractivity contribution >= 4 is 34.6 Å². The molecule has 2 aromatic carbocycles. The van der Waals surface area contributed by atoms with E-state index in [1.807, 2.05) is 37.4 Å². The number of aliphatic carboxylic acids is 1. The number of carbonyl (C=O) groups excluding carboxylic acids is 3. The third kappa shape index (κ3) is 7.82. The summed E-state index contributed by atoms with van der Waals surface area (Å²) in [5.74, 6) is -3.23. The van der Waals surface area contributed by atoms with E-state index in [1.165, 1.54) is 19.1 Å². The largest absolute Gasteiger partial charge is 0.508 e. The van der Waals surface area contributed by atoms with Crippen molar-refractivity contribution in [3.63, 3.8) is 0 Å². The second kappa shape index (κ2) is 13.6. The van der Waals surface area contributed by atoms with Crippen molar-refractivity contribution in [3.05, 3.63) is 65.9 Å². The number of aromatic nitrogens is 1. The molecule has 0 saturated carbocycles. The van der Waals surface area contributed by atoms with Crippen LogP contribution in [0.2, 0.25) is 0 Å². The van der Waals surface area contributed by atoms with Crippen LogP contribution in [-0.2, 0) is 32.0 Å². The zero-order chi connectivity index (χ0) is 29.4. The highest BCUT2D eigenvalue weighted by atomic mass is 16.4. The van der Waals surface area contributed by atoms with E-state index >= 15 is 0 Å². The minimum absolute atomic E-state index is 0.0120. The van der Waals surface area contributed by atoms with Crippen LogP contribution in [0.25, 0.3) is 10.9 Å². The van der Waals surface area contributed by atoms with Crippen LogP contribution in [0.15, 0.2) is 54.7 Å². The lowest BCUT2D eigenvalue weighted by Crippen LogP contribution is -2.58. The number of phenols is 1. The number of hydrogen-bond acceptors (Lipinski definition) is 6. The molecule has 0 saturated heterocycles. The summed E-state index contributed by atoms with van der Waals surface area (Å²) in [7, 11) is 0. The quantitative estimate of drug-likeness (QED) is 0.168. The van der Waals surface area contributed by atoms with Crippen molar-refractivity contribution in [3.8, 4) is 5.75 Å². The van der Waals surface area contributed by atoms with Gasteiger partial charge in [0.25, 0.3) is 0 Å². The SMILES string of the molecule is CCC(C)C(NC(=O)C(N)Cc1c[nH]c2ccccc12)C(=O)NC(C)C(=O)NC(Cc1ccc(O)cc1)C(=O)O. The van der Waals surface area contributed by atoms with Gasteiger partial charge in [0, 0.05) is 23.5 Å². The Bertz CT molecular complexity index is 1340. The molecule has 11 nitrogen and oxygen atoms in total. The molecule has 5 unspecified atom stereocenters. The van der Waals surface area contributed by atoms with Gasteiger partial charge in [-0.25, -0.2) is 4.79 Å². The van der Waals surface area contributed by atoms with Gasteiger partial charge in [-0.2, -0.15) is 0 Å². The van der Waals surface area contributed by atoms with Crippen LogP contribution in [-0.4, -0.2) is 63.1 Å². The summed E-state index contributed by atoms with van der Waals surface area (Å²) in [6.45, 7) is 5.11. The molecule has 3 rings (SSSR count). The van der Waals surface area contributed by atoms with E-state index in [9.17, 15) is 29.4 Å². The normalized spacial score (nSPS) is 14.9. The van der Waals surface area contributed by atoms with Gasteiger partial charge in [-0.3, -0.25) is 14.4 Å². The lowest BCUT2D eigenvalue weighted by molar-refractivity contribution is -0.142. The number of rotatable bonds is 13. The number of amides is 3. The molecule has 0 fully saturated rings. The average molecular weight is 552 g/mol. The Morgan fingerprint density at radius 1 is 0.900 bits per heavy atom. The number of nitrogens with two attached hydrogens (primary N) is 1. The van der Waals surface area contributed by atoms with Gasteiger partial charge < -0.3 is 36.9 Å². The summed E-state index contributed by atoms with van der Waals surface area (Å²) in [6, 6.07) is 9.47. The van der Waals surface area contributed by atoms with E-state index in [1.54, 1.807) is 19.1 Å². The number of carbonyl (C=O) groups is 4. The Labute approximate surface area is 232 Å². The topological polar surface area (TPSA) is 187 Å². The number of aromatic amines is 1. The zero-order valence-corrected chi connectivity index (χ0v) is 22.8. The number of H-pyrrole nitrogens is 1. The molecule has 0 spiro atoms. The minimum Gasteiger partial charge on any atom is -0.508 e. The summed E-state index contributed by atoms with van der Waals surface area (Å²) in [5, 5.41) is 27.7. The lowest BCUT2D eigenvalue weighted by atomic mass is 9.97. The highest BCUT2D eigenvalue weighted by molar-refractivity contribution is 5.94. The first-order valence-electron chi connectivity index (χ1n) is 13.2. The van der Waals surface area contributed by atoms with Crippen LogP contribution >= 0.6 is 0 Å². The van der Waals surface area contributed by atoms with Gasteiger partial charge in [-0.05, 0) is 48.6 Å². The molecule has 214 valence electrons. The highest BCUT2D eigenvalue weighted by Crippen LogP contribution is 2.19. The zero-order valence-electron chi connectivity index (χ0n) is 22.8. The Hall–Kier alpha value is -4.38. The summed E-state index contributed by atoms with van der Waals surface area (Å²) < 4.78 is 0. The van der Waals surface area contributed by atoms with E-state index in [0.717, 1.165) is 16.5 Å². The van der Waals surface area contributed by atoms with Gasteiger partial charge in [0.2, 0.25) is 17.7 Å². The fourth-order valence-corrected chi connectivity index (χ4v) is 4.33. The Balaban J connectivity index is 1.61. The van der Waals surface area contributed by atoms with Gasteiger partial charge in [0.05, 0.1) is 6.04 Å². The van der Waals surface area contributed by atoms with Crippen molar-refractivity contribution in [2.24, 2.45) is 11.7 Å². The number of carboxylic acid groups (broad SMARTS) is 1. The first-order chi connectivity index (χ1) is 19.0. The fraction of sp³-hybridized carbons (Fsp3) is 0.379. The number of nitrogens with one attached hydrogen (secondary N) is 4. The summed E-state index contributed by atoms with van der Waals surface area (Å²) >= 11 is 0.